The Hall–Kier alpha value is -0.880. The van der Waals surface area contributed by atoms with Gasteiger partial charge in [0.25, 0.3) is 0 Å². The molecule has 90 valence electrons. The highest BCUT2D eigenvalue weighted by molar-refractivity contribution is 9.10. The normalized spacial score (nSPS) is 12.4. The molecule has 0 bridgehead atoms. The van der Waals surface area contributed by atoms with E-state index in [0.717, 1.165) is 22.3 Å². The van der Waals surface area contributed by atoms with Gasteiger partial charge in [0.2, 0.25) is 5.88 Å². The predicted molar refractivity (Wildman–Crippen MR) is 70.4 cm³/mol. The largest absolute Gasteiger partial charge is 0.481 e. The van der Waals surface area contributed by atoms with Crippen molar-refractivity contribution in [3.05, 3.63) is 40.7 Å². The van der Waals surface area contributed by atoms with Crippen LogP contribution in [0.3, 0.4) is 0 Å². The highest BCUT2D eigenvalue weighted by Gasteiger charge is 2.15. The van der Waals surface area contributed by atoms with Crippen LogP contribution in [0.5, 0.6) is 5.88 Å². The lowest BCUT2D eigenvalue weighted by atomic mass is 10.1. The molecular weight excluding hydrogens is 352 g/mol. The fraction of sp³-hybridized carbons (Fsp3) is 0.273. The van der Waals surface area contributed by atoms with Crippen molar-refractivity contribution < 1.29 is 9.15 Å². The molecule has 0 saturated carbocycles. The zero-order valence-electron chi connectivity index (χ0n) is 9.06. The molecule has 0 aliphatic heterocycles. The van der Waals surface area contributed by atoms with Crippen LogP contribution in [0.25, 0.3) is 0 Å². The standard InChI is InChI=1S/C11H10Br2N2O2/c1-16-10-5-7(14-6-15-10)4-9(12)8-2-3-17-11(8)13/h2-3,5-6,9H,4H2,1H3. The average molecular weight is 362 g/mol. The molecule has 0 fully saturated rings. The van der Waals surface area contributed by atoms with Crippen molar-refractivity contribution >= 4 is 31.9 Å². The van der Waals surface area contributed by atoms with E-state index in [2.05, 4.69) is 41.8 Å². The number of furan rings is 1. The maximum atomic E-state index is 5.20. The number of aromatic nitrogens is 2. The van der Waals surface area contributed by atoms with Crippen LogP contribution in [0.15, 0.2) is 33.8 Å². The van der Waals surface area contributed by atoms with Crippen molar-refractivity contribution in [2.75, 3.05) is 7.11 Å². The van der Waals surface area contributed by atoms with Crippen molar-refractivity contribution in [3.63, 3.8) is 0 Å². The lowest BCUT2D eigenvalue weighted by molar-refractivity contribution is 0.396. The van der Waals surface area contributed by atoms with Crippen LogP contribution in [0, 0.1) is 0 Å². The summed E-state index contributed by atoms with van der Waals surface area (Å²) in [5.41, 5.74) is 1.97. The van der Waals surface area contributed by atoms with Crippen LogP contribution in [0.2, 0.25) is 0 Å². The van der Waals surface area contributed by atoms with Gasteiger partial charge >= 0.3 is 0 Å². The van der Waals surface area contributed by atoms with Gasteiger partial charge in [0.15, 0.2) is 4.67 Å². The lowest BCUT2D eigenvalue weighted by Crippen LogP contribution is -1.99. The molecule has 0 aromatic carbocycles. The fourth-order valence-electron chi connectivity index (χ4n) is 1.42. The average Bonchev–Trinajstić information content (AvgIpc) is 2.76. The minimum absolute atomic E-state index is 0.134. The topological polar surface area (TPSA) is 48.2 Å². The summed E-state index contributed by atoms with van der Waals surface area (Å²) in [5.74, 6) is 0.570. The number of halogens is 2. The molecule has 0 spiro atoms. The molecule has 2 aromatic heterocycles. The lowest BCUT2D eigenvalue weighted by Gasteiger charge is -2.08. The molecule has 6 heteroatoms. The second-order valence-electron chi connectivity index (χ2n) is 3.37. The minimum atomic E-state index is 0.134. The molecular formula is C11H10Br2N2O2. The van der Waals surface area contributed by atoms with Crippen molar-refractivity contribution in [2.45, 2.75) is 11.2 Å². The molecule has 2 rings (SSSR count). The van der Waals surface area contributed by atoms with Gasteiger partial charge in [-0.05, 0) is 22.0 Å². The van der Waals surface area contributed by atoms with E-state index < -0.39 is 0 Å². The van der Waals surface area contributed by atoms with Crippen LogP contribution < -0.4 is 4.74 Å². The van der Waals surface area contributed by atoms with E-state index >= 15 is 0 Å². The first-order valence-electron chi connectivity index (χ1n) is 4.92. The predicted octanol–water partition coefficient (Wildman–Crippen LogP) is 3.52. The van der Waals surface area contributed by atoms with Crippen molar-refractivity contribution in [3.8, 4) is 5.88 Å². The number of hydrogen-bond donors (Lipinski definition) is 0. The zero-order valence-corrected chi connectivity index (χ0v) is 12.2. The van der Waals surface area contributed by atoms with Gasteiger partial charge in [-0.3, -0.25) is 0 Å². The van der Waals surface area contributed by atoms with Crippen LogP contribution >= 0.6 is 31.9 Å². The van der Waals surface area contributed by atoms with Gasteiger partial charge in [-0.15, -0.1) is 0 Å². The molecule has 17 heavy (non-hydrogen) atoms. The van der Waals surface area contributed by atoms with Crippen molar-refractivity contribution in [1.29, 1.82) is 0 Å². The quantitative estimate of drug-likeness (QED) is 0.781. The van der Waals surface area contributed by atoms with E-state index in [9.17, 15) is 0 Å². The highest BCUT2D eigenvalue weighted by atomic mass is 79.9. The third-order valence-corrected chi connectivity index (χ3v) is 3.74. The van der Waals surface area contributed by atoms with E-state index in [1.54, 1.807) is 13.4 Å². The first kappa shape index (κ1) is 12.6. The van der Waals surface area contributed by atoms with E-state index in [-0.39, 0.29) is 4.83 Å². The SMILES string of the molecule is COc1cc(CC(Br)c2ccoc2Br)ncn1. The van der Waals surface area contributed by atoms with Gasteiger partial charge in [0.1, 0.15) is 6.33 Å². The second-order valence-corrected chi connectivity index (χ2v) is 5.20. The van der Waals surface area contributed by atoms with E-state index in [1.807, 2.05) is 12.1 Å². The summed E-state index contributed by atoms with van der Waals surface area (Å²) >= 11 is 6.96. The Balaban J connectivity index is 2.13. The van der Waals surface area contributed by atoms with E-state index in [1.165, 1.54) is 6.33 Å². The number of hydrogen-bond acceptors (Lipinski definition) is 4. The molecule has 1 atom stereocenters. The molecule has 0 N–H and O–H groups in total. The summed E-state index contributed by atoms with van der Waals surface area (Å²) in [6.07, 6.45) is 3.88. The molecule has 2 heterocycles. The van der Waals surface area contributed by atoms with Crippen LogP contribution in [-0.4, -0.2) is 17.1 Å². The minimum Gasteiger partial charge on any atom is -0.481 e. The van der Waals surface area contributed by atoms with Crippen LogP contribution in [0.4, 0.5) is 0 Å². The monoisotopic (exact) mass is 360 g/mol. The van der Waals surface area contributed by atoms with Gasteiger partial charge in [0.05, 0.1) is 13.4 Å². The van der Waals surface area contributed by atoms with Gasteiger partial charge in [-0.2, -0.15) is 0 Å². The zero-order chi connectivity index (χ0) is 12.3. The maximum absolute atomic E-state index is 5.20. The Morgan fingerprint density at radius 3 is 2.94 bits per heavy atom. The number of alkyl halides is 1. The van der Waals surface area contributed by atoms with E-state index in [0.29, 0.717) is 5.88 Å². The number of nitrogens with zero attached hydrogens (tertiary/aromatic N) is 2. The molecule has 2 aromatic rings. The second kappa shape index (κ2) is 5.64. The van der Waals surface area contributed by atoms with Crippen LogP contribution in [0.1, 0.15) is 16.1 Å². The molecule has 0 aliphatic rings. The number of ether oxygens (including phenoxy) is 1. The van der Waals surface area contributed by atoms with E-state index in [4.69, 9.17) is 9.15 Å². The Morgan fingerprint density at radius 1 is 1.47 bits per heavy atom. The molecule has 0 amide bonds. The first-order chi connectivity index (χ1) is 8.20. The molecule has 4 nitrogen and oxygen atoms in total. The third-order valence-electron chi connectivity index (χ3n) is 2.28. The summed E-state index contributed by atoms with van der Waals surface area (Å²) < 4.78 is 11.0. The summed E-state index contributed by atoms with van der Waals surface area (Å²) in [5, 5.41) is 0. The number of rotatable bonds is 4. The van der Waals surface area contributed by atoms with Crippen molar-refractivity contribution in [1.82, 2.24) is 9.97 Å². The Morgan fingerprint density at radius 2 is 2.29 bits per heavy atom. The smallest absolute Gasteiger partial charge is 0.216 e. The molecule has 1 unspecified atom stereocenters. The van der Waals surface area contributed by atoms with Crippen LogP contribution in [-0.2, 0) is 6.42 Å². The summed E-state index contributed by atoms with van der Waals surface area (Å²) in [4.78, 5) is 8.30. The van der Waals surface area contributed by atoms with Gasteiger partial charge in [-0.1, -0.05) is 15.9 Å². The third kappa shape index (κ3) is 3.07. The highest BCUT2D eigenvalue weighted by Crippen LogP contribution is 2.33. The van der Waals surface area contributed by atoms with Crippen molar-refractivity contribution in [2.24, 2.45) is 0 Å². The maximum Gasteiger partial charge on any atom is 0.216 e. The molecule has 0 radical (unpaired) electrons. The first-order valence-corrected chi connectivity index (χ1v) is 6.63. The Labute approximate surface area is 116 Å². The van der Waals surface area contributed by atoms with Gasteiger partial charge in [-0.25, -0.2) is 9.97 Å². The Bertz CT molecular complexity index is 502. The fourth-order valence-corrected chi connectivity index (χ4v) is 2.94. The number of methoxy groups -OCH3 is 1. The summed E-state index contributed by atoms with van der Waals surface area (Å²) in [7, 11) is 1.59. The van der Waals surface area contributed by atoms with Gasteiger partial charge in [0, 0.05) is 28.6 Å². The Kier molecular flexibility index (Phi) is 4.17. The molecule has 0 saturated heterocycles. The molecule has 0 aliphatic carbocycles. The summed E-state index contributed by atoms with van der Waals surface area (Å²) in [6, 6.07) is 3.74. The summed E-state index contributed by atoms with van der Waals surface area (Å²) in [6.45, 7) is 0. The van der Waals surface area contributed by atoms with Gasteiger partial charge < -0.3 is 9.15 Å².